The molecule has 0 aliphatic rings. The Bertz CT molecular complexity index is 1120. The fourth-order valence-electron chi connectivity index (χ4n) is 3.08. The van der Waals surface area contributed by atoms with Crippen LogP contribution in [0.15, 0.2) is 59.7 Å². The topological polar surface area (TPSA) is 95.2 Å². The van der Waals surface area contributed by atoms with Crippen molar-refractivity contribution in [2.45, 2.75) is 13.5 Å². The molecule has 0 amide bonds. The number of methoxy groups -OCH3 is 2. The van der Waals surface area contributed by atoms with Crippen molar-refractivity contribution in [1.29, 1.82) is 0 Å². The zero-order valence-corrected chi connectivity index (χ0v) is 16.9. The van der Waals surface area contributed by atoms with Gasteiger partial charge in [-0.3, -0.25) is 9.97 Å². The third-order valence-electron chi connectivity index (χ3n) is 4.60. The first-order valence-corrected chi connectivity index (χ1v) is 9.31. The number of benzene rings is 1. The van der Waals surface area contributed by atoms with Gasteiger partial charge in [-0.25, -0.2) is 9.97 Å². The Morgan fingerprint density at radius 2 is 1.77 bits per heavy atom. The molecule has 0 radical (unpaired) electrons. The summed E-state index contributed by atoms with van der Waals surface area (Å²) in [5, 5.41) is 3.26. The molecule has 3 aromatic heterocycles. The molecule has 0 aliphatic heterocycles. The summed E-state index contributed by atoms with van der Waals surface area (Å²) in [6.07, 6.45) is 8.35. The second-order valence-corrected chi connectivity index (χ2v) is 6.51. The Labute approximate surface area is 174 Å². The van der Waals surface area contributed by atoms with Crippen molar-refractivity contribution in [3.63, 3.8) is 0 Å². The van der Waals surface area contributed by atoms with E-state index in [4.69, 9.17) is 18.9 Å². The predicted octanol–water partition coefficient (Wildman–Crippen LogP) is 4.13. The van der Waals surface area contributed by atoms with Crippen molar-refractivity contribution in [2.75, 3.05) is 19.5 Å². The average molecular weight is 403 g/mol. The summed E-state index contributed by atoms with van der Waals surface area (Å²) in [5.41, 5.74) is 4.05. The Morgan fingerprint density at radius 1 is 0.967 bits per heavy atom. The first kappa shape index (κ1) is 19.4. The minimum atomic E-state index is 0.486. The van der Waals surface area contributed by atoms with Crippen LogP contribution in [0.25, 0.3) is 22.5 Å². The van der Waals surface area contributed by atoms with Gasteiger partial charge in [0.15, 0.2) is 0 Å². The van der Waals surface area contributed by atoms with Crippen LogP contribution < -0.4 is 14.8 Å². The number of nitrogens with one attached hydrogen (secondary N) is 1. The lowest BCUT2D eigenvalue weighted by atomic mass is 10.1. The first-order valence-electron chi connectivity index (χ1n) is 9.31. The van der Waals surface area contributed by atoms with E-state index in [0.717, 1.165) is 39.6 Å². The van der Waals surface area contributed by atoms with E-state index >= 15 is 0 Å². The van der Waals surface area contributed by atoms with E-state index in [2.05, 4.69) is 20.3 Å². The highest BCUT2D eigenvalue weighted by Crippen LogP contribution is 2.32. The van der Waals surface area contributed by atoms with Gasteiger partial charge in [-0.05, 0) is 30.7 Å². The predicted molar refractivity (Wildman–Crippen MR) is 112 cm³/mol. The van der Waals surface area contributed by atoms with Gasteiger partial charge in [-0.1, -0.05) is 0 Å². The fraction of sp³-hybridized carbons (Fsp3) is 0.182. The number of furan rings is 1. The van der Waals surface area contributed by atoms with E-state index < -0.39 is 0 Å². The van der Waals surface area contributed by atoms with Gasteiger partial charge < -0.3 is 19.2 Å². The van der Waals surface area contributed by atoms with Crippen LogP contribution in [0.3, 0.4) is 0 Å². The van der Waals surface area contributed by atoms with Gasteiger partial charge in [-0.15, -0.1) is 0 Å². The largest absolute Gasteiger partial charge is 0.497 e. The van der Waals surface area contributed by atoms with Gasteiger partial charge >= 0.3 is 0 Å². The second-order valence-electron chi connectivity index (χ2n) is 6.51. The molecule has 0 unspecified atom stereocenters. The van der Waals surface area contributed by atoms with E-state index in [9.17, 15) is 0 Å². The van der Waals surface area contributed by atoms with Crippen molar-refractivity contribution in [2.24, 2.45) is 0 Å². The molecule has 152 valence electrons. The fourth-order valence-corrected chi connectivity index (χ4v) is 3.08. The van der Waals surface area contributed by atoms with E-state index in [1.165, 1.54) is 0 Å². The molecule has 8 heteroatoms. The molecule has 1 N–H and O–H groups in total. The third-order valence-corrected chi connectivity index (χ3v) is 4.60. The number of aryl methyl sites for hydroxylation is 1. The summed E-state index contributed by atoms with van der Waals surface area (Å²) in [6.45, 7) is 2.40. The average Bonchev–Trinajstić information content (AvgIpc) is 3.23. The lowest BCUT2D eigenvalue weighted by molar-refractivity contribution is 0.393. The number of aromatic nitrogens is 4. The third kappa shape index (κ3) is 4.07. The molecule has 0 atom stereocenters. The van der Waals surface area contributed by atoms with E-state index in [-0.39, 0.29) is 0 Å². The molecule has 0 spiro atoms. The molecule has 30 heavy (non-hydrogen) atoms. The van der Waals surface area contributed by atoms with Gasteiger partial charge in [0.05, 0.1) is 38.1 Å². The monoisotopic (exact) mass is 403 g/mol. The summed E-state index contributed by atoms with van der Waals surface area (Å²) < 4.78 is 16.2. The number of hydrogen-bond acceptors (Lipinski definition) is 8. The molecule has 3 heterocycles. The van der Waals surface area contributed by atoms with Crippen molar-refractivity contribution >= 4 is 5.95 Å². The zero-order valence-electron chi connectivity index (χ0n) is 16.9. The van der Waals surface area contributed by atoms with Gasteiger partial charge in [0.2, 0.25) is 5.95 Å². The highest BCUT2D eigenvalue weighted by molar-refractivity contribution is 5.79. The van der Waals surface area contributed by atoms with Crippen LogP contribution in [0, 0.1) is 6.92 Å². The van der Waals surface area contributed by atoms with Crippen molar-refractivity contribution in [1.82, 2.24) is 19.9 Å². The van der Waals surface area contributed by atoms with Crippen LogP contribution in [0.2, 0.25) is 0 Å². The second kappa shape index (κ2) is 8.60. The lowest BCUT2D eigenvalue weighted by Crippen LogP contribution is -2.06. The smallest absolute Gasteiger partial charge is 0.223 e. The molecule has 0 saturated heterocycles. The van der Waals surface area contributed by atoms with Crippen LogP contribution >= 0.6 is 0 Å². The molecule has 0 saturated carbocycles. The lowest BCUT2D eigenvalue weighted by Gasteiger charge is -2.12. The Hall–Kier alpha value is -3.94. The normalized spacial score (nSPS) is 10.6. The number of hydrogen-bond donors (Lipinski definition) is 1. The van der Waals surface area contributed by atoms with Crippen molar-refractivity contribution in [3.8, 4) is 34.0 Å². The van der Waals surface area contributed by atoms with E-state index in [1.807, 2.05) is 31.2 Å². The van der Waals surface area contributed by atoms with Crippen LogP contribution in [0.1, 0.15) is 11.3 Å². The van der Waals surface area contributed by atoms with Crippen LogP contribution in [-0.2, 0) is 6.54 Å². The molecule has 4 rings (SSSR count). The minimum Gasteiger partial charge on any atom is -0.497 e. The molecule has 0 fully saturated rings. The Balaban J connectivity index is 1.66. The molecule has 8 nitrogen and oxygen atoms in total. The SMILES string of the molecule is COc1cc(CNc2ncc(-c3cnccn3)c(-c3ccoc3C)n2)cc(OC)c1. The van der Waals surface area contributed by atoms with E-state index in [0.29, 0.717) is 18.2 Å². The van der Waals surface area contributed by atoms with Crippen LogP contribution in [0.5, 0.6) is 11.5 Å². The summed E-state index contributed by atoms with van der Waals surface area (Å²) in [4.78, 5) is 17.8. The number of rotatable bonds is 7. The minimum absolute atomic E-state index is 0.486. The summed E-state index contributed by atoms with van der Waals surface area (Å²) in [5.74, 6) is 2.70. The molecule has 4 aromatic rings. The van der Waals surface area contributed by atoms with Crippen LogP contribution in [0.4, 0.5) is 5.95 Å². The Kier molecular flexibility index (Phi) is 5.56. The van der Waals surface area contributed by atoms with Gasteiger partial charge in [0, 0.05) is 42.3 Å². The molecular weight excluding hydrogens is 382 g/mol. The number of ether oxygens (including phenoxy) is 2. The maximum Gasteiger partial charge on any atom is 0.223 e. The molecule has 0 aliphatic carbocycles. The van der Waals surface area contributed by atoms with Crippen molar-refractivity contribution < 1.29 is 13.9 Å². The van der Waals surface area contributed by atoms with Crippen molar-refractivity contribution in [3.05, 3.63) is 66.6 Å². The van der Waals surface area contributed by atoms with Gasteiger partial charge in [0.1, 0.15) is 17.3 Å². The summed E-state index contributed by atoms with van der Waals surface area (Å²) in [6, 6.07) is 7.58. The van der Waals surface area contributed by atoms with E-state index in [1.54, 1.807) is 45.3 Å². The van der Waals surface area contributed by atoms with Gasteiger partial charge in [-0.2, -0.15) is 0 Å². The highest BCUT2D eigenvalue weighted by atomic mass is 16.5. The van der Waals surface area contributed by atoms with Crippen LogP contribution in [-0.4, -0.2) is 34.2 Å². The Morgan fingerprint density at radius 3 is 2.40 bits per heavy atom. The molecule has 1 aromatic carbocycles. The quantitative estimate of drug-likeness (QED) is 0.492. The first-order chi connectivity index (χ1) is 14.7. The zero-order chi connectivity index (χ0) is 20.9. The maximum absolute atomic E-state index is 5.49. The number of anilines is 1. The molecular formula is C22H21N5O3. The number of nitrogens with zero attached hydrogens (tertiary/aromatic N) is 4. The summed E-state index contributed by atoms with van der Waals surface area (Å²) >= 11 is 0. The molecule has 0 bridgehead atoms. The highest BCUT2D eigenvalue weighted by Gasteiger charge is 2.16. The standard InChI is InChI=1S/C22H21N5O3/c1-14-18(4-7-30-14)21-19(20-13-23-5-6-24-20)12-26-22(27-21)25-11-15-8-16(28-2)10-17(9-15)29-3/h4-10,12-13H,11H2,1-3H3,(H,25,26,27). The maximum atomic E-state index is 5.49. The van der Waals surface area contributed by atoms with Gasteiger partial charge in [0.25, 0.3) is 0 Å². The summed E-state index contributed by atoms with van der Waals surface area (Å²) in [7, 11) is 3.25.